The van der Waals surface area contributed by atoms with Crippen LogP contribution in [-0.2, 0) is 54.0 Å². The summed E-state index contributed by atoms with van der Waals surface area (Å²) in [5, 5.41) is 0. The Bertz CT molecular complexity index is 1810. The lowest BCUT2D eigenvalue weighted by atomic mass is 9.77. The van der Waals surface area contributed by atoms with Crippen molar-refractivity contribution in [2.45, 2.75) is 108 Å². The average Bonchev–Trinajstić information content (AvgIpc) is 3.50. The summed E-state index contributed by atoms with van der Waals surface area (Å²) in [6.45, 7) is 9.37. The van der Waals surface area contributed by atoms with Crippen LogP contribution in [0, 0.1) is 23.7 Å². The molecule has 2 N–H and O–H groups in total. The number of rotatable bonds is 16. The Kier molecular flexibility index (Phi) is 14.4. The Balaban J connectivity index is 1.91. The Morgan fingerprint density at radius 1 is 0.810 bits per heavy atom. The molecule has 0 radical (unpaired) electrons. The van der Waals surface area contributed by atoms with Crippen LogP contribution >= 0.6 is 0 Å². The van der Waals surface area contributed by atoms with Crippen molar-refractivity contribution in [3.05, 3.63) is 95.6 Å². The predicted molar refractivity (Wildman–Crippen MR) is 198 cm³/mol. The van der Waals surface area contributed by atoms with Gasteiger partial charge in [0.2, 0.25) is 5.91 Å². The first-order valence-electron chi connectivity index (χ1n) is 18.8. The summed E-state index contributed by atoms with van der Waals surface area (Å²) in [6.07, 6.45) is -10.0. The van der Waals surface area contributed by atoms with E-state index in [-0.39, 0.29) is 11.7 Å². The number of amides is 1. The molecule has 0 spiro atoms. The van der Waals surface area contributed by atoms with E-state index in [1.54, 1.807) is 13.8 Å². The van der Waals surface area contributed by atoms with Gasteiger partial charge in [0, 0.05) is 61.0 Å². The molecule has 11 atom stereocenters. The topological polar surface area (TPSA) is 133 Å². The maximum atomic E-state index is 15.2. The van der Waals surface area contributed by atoms with Crippen LogP contribution in [0.5, 0.6) is 0 Å². The number of nitrogens with two attached hydrogens (primary N) is 1. The fraction of sp³-hybridized carbons (Fsp3) is 0.548. The maximum absolute atomic E-state index is 15.2. The van der Waals surface area contributed by atoms with Crippen molar-refractivity contribution in [3.8, 4) is 0 Å². The number of hydrogen-bond donors (Lipinski definition) is 1. The third-order valence-electron chi connectivity index (χ3n) is 11.3. The predicted octanol–water partition coefficient (Wildman–Crippen LogP) is 7.84. The van der Waals surface area contributed by atoms with Crippen molar-refractivity contribution in [1.82, 2.24) is 0 Å². The highest BCUT2D eigenvalue weighted by Gasteiger charge is 2.66. The summed E-state index contributed by atoms with van der Waals surface area (Å²) in [6, 6.07) is 12.2. The largest absolute Gasteiger partial charge is 0.459 e. The van der Waals surface area contributed by atoms with Crippen molar-refractivity contribution >= 4 is 17.8 Å². The SMILES string of the molecule is CO[C@@](C(=O)O[C@@H]([C@@H](C)[C@@H]1O[C@@]2(C)CC[C@H](O2)[C@H]1C)[C@H](C)[C@@H](OC(=O)[C@](OC)(c1ccccc1)C(F)(F)F)[C@@H](C)/C=C/C=C(/C)C(N)=O)(c1ccccc1)C(F)(F)F. The second kappa shape index (κ2) is 17.9. The van der Waals surface area contributed by atoms with Crippen LogP contribution in [0.2, 0.25) is 0 Å². The van der Waals surface area contributed by atoms with Crippen molar-refractivity contribution in [3.63, 3.8) is 0 Å². The van der Waals surface area contributed by atoms with Crippen LogP contribution in [0.15, 0.2) is 84.5 Å². The molecule has 58 heavy (non-hydrogen) atoms. The molecule has 2 aliphatic rings. The standard InChI is InChI=1S/C42H51F6NO9/c1-24(16-15-17-25(2)35(49)50)32(55-36(51)39(53-7,41(43,44)45)29-18-11-9-12-19-29)27(4)33(28(5)34-26(3)31-22-23-38(6,57-31)58-34)56-37(52)40(54-8,42(46,47)48)30-20-13-10-14-21-30/h9-21,24,26-28,31-34H,22-23H2,1-8H3,(H2,49,50)/b16-15+,25-17-/t24-,26+,27+,28+,31-,32-,33+,34+,38-,39+,40+/m0/s1. The van der Waals surface area contributed by atoms with Gasteiger partial charge in [0.25, 0.3) is 11.2 Å². The highest BCUT2D eigenvalue weighted by molar-refractivity contribution is 5.91. The van der Waals surface area contributed by atoms with Gasteiger partial charge in [-0.15, -0.1) is 0 Å². The number of halogens is 6. The van der Waals surface area contributed by atoms with Gasteiger partial charge in [0.15, 0.2) is 5.79 Å². The summed E-state index contributed by atoms with van der Waals surface area (Å²) in [4.78, 5) is 40.2. The van der Waals surface area contributed by atoms with Crippen LogP contribution in [-0.4, -0.2) is 74.6 Å². The van der Waals surface area contributed by atoms with Gasteiger partial charge < -0.3 is 34.2 Å². The number of benzene rings is 2. The summed E-state index contributed by atoms with van der Waals surface area (Å²) in [7, 11) is 1.40. The van der Waals surface area contributed by atoms with E-state index in [9.17, 15) is 14.4 Å². The second-order valence-corrected chi connectivity index (χ2v) is 15.2. The highest BCUT2D eigenvalue weighted by atomic mass is 19.4. The zero-order valence-electron chi connectivity index (χ0n) is 33.6. The maximum Gasteiger partial charge on any atom is 0.432 e. The van der Waals surface area contributed by atoms with Gasteiger partial charge in [-0.1, -0.05) is 107 Å². The van der Waals surface area contributed by atoms with Crippen molar-refractivity contribution in [2.75, 3.05) is 14.2 Å². The van der Waals surface area contributed by atoms with Gasteiger partial charge in [-0.05, 0) is 20.3 Å². The summed E-state index contributed by atoms with van der Waals surface area (Å²) >= 11 is 0. The molecular weight excluding hydrogens is 776 g/mol. The average molecular weight is 828 g/mol. The third-order valence-corrected chi connectivity index (χ3v) is 11.3. The number of alkyl halides is 6. The third kappa shape index (κ3) is 8.99. The first-order valence-corrected chi connectivity index (χ1v) is 18.8. The molecule has 320 valence electrons. The lowest BCUT2D eigenvalue weighted by Crippen LogP contribution is -2.57. The van der Waals surface area contributed by atoms with Gasteiger partial charge >= 0.3 is 24.3 Å². The number of primary amides is 1. The van der Waals surface area contributed by atoms with Gasteiger partial charge in [0.1, 0.15) is 12.2 Å². The first kappa shape index (κ1) is 46.4. The number of carbonyl (C=O) groups excluding carboxylic acids is 3. The number of fused-ring (bicyclic) bond motifs is 2. The fourth-order valence-electron chi connectivity index (χ4n) is 8.01. The molecule has 10 nitrogen and oxygen atoms in total. The highest BCUT2D eigenvalue weighted by Crippen LogP contribution is 2.49. The molecule has 16 heteroatoms. The zero-order chi connectivity index (χ0) is 43.4. The van der Waals surface area contributed by atoms with Crippen molar-refractivity contribution in [1.29, 1.82) is 0 Å². The molecule has 2 heterocycles. The zero-order valence-corrected chi connectivity index (χ0v) is 33.6. The number of allylic oxidation sites excluding steroid dienone is 2. The molecule has 2 bridgehead atoms. The van der Waals surface area contributed by atoms with Crippen LogP contribution in [0.25, 0.3) is 0 Å². The Morgan fingerprint density at radius 2 is 1.28 bits per heavy atom. The molecule has 2 fully saturated rings. The fourth-order valence-corrected chi connectivity index (χ4v) is 8.01. The van der Waals surface area contributed by atoms with E-state index in [4.69, 9.17) is 34.2 Å². The van der Waals surface area contributed by atoms with E-state index < -0.39 is 100 Å². The smallest absolute Gasteiger partial charge is 0.432 e. The summed E-state index contributed by atoms with van der Waals surface area (Å²) in [5.41, 5.74) is -3.04. The van der Waals surface area contributed by atoms with Gasteiger partial charge in [-0.2, -0.15) is 26.3 Å². The number of esters is 2. The van der Waals surface area contributed by atoms with E-state index in [2.05, 4.69) is 0 Å². The minimum absolute atomic E-state index is 0.114. The molecule has 2 aromatic rings. The molecule has 0 saturated carbocycles. The first-order chi connectivity index (χ1) is 27.0. The van der Waals surface area contributed by atoms with Gasteiger partial charge in [0.05, 0.1) is 12.2 Å². The molecule has 0 aromatic heterocycles. The van der Waals surface area contributed by atoms with E-state index in [1.165, 1.54) is 75.4 Å². The Hall–Kier alpha value is -4.25. The molecule has 2 saturated heterocycles. The Labute approximate surface area is 334 Å². The number of carbonyl (C=O) groups is 3. The number of hydrogen-bond acceptors (Lipinski definition) is 9. The van der Waals surface area contributed by atoms with Crippen LogP contribution in [0.4, 0.5) is 26.3 Å². The minimum atomic E-state index is -5.38. The Morgan fingerprint density at radius 3 is 1.71 bits per heavy atom. The second-order valence-electron chi connectivity index (χ2n) is 15.2. The lowest BCUT2D eigenvalue weighted by Gasteiger charge is -2.47. The monoisotopic (exact) mass is 827 g/mol. The van der Waals surface area contributed by atoms with Gasteiger partial charge in [-0.25, -0.2) is 9.59 Å². The van der Waals surface area contributed by atoms with Crippen molar-refractivity contribution < 1.29 is 69.1 Å². The number of ether oxygens (including phenoxy) is 6. The van der Waals surface area contributed by atoms with Crippen LogP contribution in [0.3, 0.4) is 0 Å². The van der Waals surface area contributed by atoms with E-state index >= 15 is 26.3 Å². The molecule has 0 aliphatic carbocycles. The van der Waals surface area contributed by atoms with Gasteiger partial charge in [-0.3, -0.25) is 4.79 Å². The molecule has 1 amide bonds. The summed E-state index contributed by atoms with van der Waals surface area (Å²) in [5.74, 6) is -9.39. The quantitative estimate of drug-likeness (QED) is 0.0778. The number of methoxy groups -OCH3 is 2. The van der Waals surface area contributed by atoms with E-state index in [0.29, 0.717) is 27.1 Å². The van der Waals surface area contributed by atoms with Crippen molar-refractivity contribution in [2.24, 2.45) is 29.4 Å². The molecular formula is C42H51F6NO9. The lowest BCUT2D eigenvalue weighted by molar-refractivity contribution is -0.312. The molecule has 0 unspecified atom stereocenters. The van der Waals surface area contributed by atoms with Crippen LogP contribution < -0.4 is 5.73 Å². The van der Waals surface area contributed by atoms with E-state index in [1.807, 2.05) is 6.92 Å². The molecule has 2 aromatic carbocycles. The van der Waals surface area contributed by atoms with E-state index in [0.717, 1.165) is 24.3 Å². The summed E-state index contributed by atoms with van der Waals surface area (Å²) < 4.78 is 125. The normalized spacial score (nSPS) is 26.1. The molecule has 2 aliphatic heterocycles. The minimum Gasteiger partial charge on any atom is -0.459 e. The van der Waals surface area contributed by atoms with Crippen LogP contribution in [0.1, 0.15) is 65.5 Å². The molecule has 4 rings (SSSR count).